The summed E-state index contributed by atoms with van der Waals surface area (Å²) >= 11 is 0. The normalized spacial score (nSPS) is 28.2. The zero-order valence-electron chi connectivity index (χ0n) is 11.9. The van der Waals surface area contributed by atoms with Gasteiger partial charge in [0.1, 0.15) is 6.10 Å². The summed E-state index contributed by atoms with van der Waals surface area (Å²) in [5.41, 5.74) is 0.554. The number of fused-ring (bicyclic) bond motifs is 2. The second-order valence-corrected chi connectivity index (χ2v) is 5.27. The highest BCUT2D eigenvalue weighted by molar-refractivity contribution is 5.94. The Morgan fingerprint density at radius 2 is 2.43 bits per heavy atom. The standard InChI is InChI=1S/C15H19N3O3/c1-2-8-21-14-12-3-4-13(14)20-9-7-18(12)15(19)11-5-6-16-17-10-11/h2,5-6,10,12-14H,1,3-4,7-9H2/t12-,13-,14+/m1/s1. The molecule has 1 aliphatic heterocycles. The molecule has 1 saturated heterocycles. The van der Waals surface area contributed by atoms with E-state index in [1.54, 1.807) is 12.1 Å². The van der Waals surface area contributed by atoms with Gasteiger partial charge in [0.2, 0.25) is 0 Å². The first-order chi connectivity index (χ1) is 10.3. The lowest BCUT2D eigenvalue weighted by molar-refractivity contribution is -0.0434. The number of amides is 1. The Bertz CT molecular complexity index is 508. The molecular weight excluding hydrogens is 270 g/mol. The van der Waals surface area contributed by atoms with Gasteiger partial charge in [-0.25, -0.2) is 0 Å². The van der Waals surface area contributed by atoms with Crippen molar-refractivity contribution in [3.63, 3.8) is 0 Å². The van der Waals surface area contributed by atoms with Gasteiger partial charge in [0.25, 0.3) is 5.91 Å². The van der Waals surface area contributed by atoms with Crippen molar-refractivity contribution in [2.75, 3.05) is 19.8 Å². The van der Waals surface area contributed by atoms with Crippen molar-refractivity contribution in [2.24, 2.45) is 0 Å². The Balaban J connectivity index is 1.81. The van der Waals surface area contributed by atoms with Gasteiger partial charge in [0.15, 0.2) is 0 Å². The van der Waals surface area contributed by atoms with E-state index in [0.717, 1.165) is 12.8 Å². The molecule has 1 saturated carbocycles. The van der Waals surface area contributed by atoms with Gasteiger partial charge >= 0.3 is 0 Å². The van der Waals surface area contributed by atoms with Crippen LogP contribution in [0.4, 0.5) is 0 Å². The van der Waals surface area contributed by atoms with Gasteiger partial charge in [-0.1, -0.05) is 6.08 Å². The quantitative estimate of drug-likeness (QED) is 0.775. The molecule has 0 unspecified atom stereocenters. The van der Waals surface area contributed by atoms with Crippen LogP contribution in [0, 0.1) is 0 Å². The van der Waals surface area contributed by atoms with E-state index in [9.17, 15) is 4.79 Å². The second kappa shape index (κ2) is 6.32. The lowest BCUT2D eigenvalue weighted by Gasteiger charge is -2.31. The Morgan fingerprint density at radius 3 is 3.19 bits per heavy atom. The first kappa shape index (κ1) is 14.2. The summed E-state index contributed by atoms with van der Waals surface area (Å²) in [6, 6.07) is 1.74. The minimum absolute atomic E-state index is 0.0340. The third-order valence-electron chi connectivity index (χ3n) is 4.06. The summed E-state index contributed by atoms with van der Waals surface area (Å²) in [7, 11) is 0. The predicted molar refractivity (Wildman–Crippen MR) is 75.8 cm³/mol. The summed E-state index contributed by atoms with van der Waals surface area (Å²) in [6.07, 6.45) is 6.57. The average molecular weight is 289 g/mol. The Morgan fingerprint density at radius 1 is 1.52 bits per heavy atom. The molecule has 2 aliphatic rings. The maximum atomic E-state index is 12.7. The largest absolute Gasteiger partial charge is 0.374 e. The molecule has 2 bridgehead atoms. The first-order valence-corrected chi connectivity index (χ1v) is 7.23. The third-order valence-corrected chi connectivity index (χ3v) is 4.06. The summed E-state index contributed by atoms with van der Waals surface area (Å²) in [4.78, 5) is 14.5. The van der Waals surface area contributed by atoms with E-state index >= 15 is 0 Å². The monoisotopic (exact) mass is 289 g/mol. The lowest BCUT2D eigenvalue weighted by Crippen LogP contribution is -2.46. The molecule has 1 aliphatic carbocycles. The number of carbonyl (C=O) groups is 1. The SMILES string of the molecule is C=CCO[C@H]1[C@H]2CC[C@H]1OCCN2C(=O)c1ccnnc1. The molecule has 0 N–H and O–H groups in total. The highest BCUT2D eigenvalue weighted by atomic mass is 16.5. The van der Waals surface area contributed by atoms with Crippen molar-refractivity contribution in [3.05, 3.63) is 36.7 Å². The van der Waals surface area contributed by atoms with E-state index in [4.69, 9.17) is 9.47 Å². The van der Waals surface area contributed by atoms with Gasteiger partial charge in [0, 0.05) is 6.54 Å². The van der Waals surface area contributed by atoms with Crippen molar-refractivity contribution >= 4 is 5.91 Å². The number of nitrogens with zero attached hydrogens (tertiary/aromatic N) is 3. The number of ether oxygens (including phenoxy) is 2. The van der Waals surface area contributed by atoms with E-state index < -0.39 is 0 Å². The second-order valence-electron chi connectivity index (χ2n) is 5.27. The smallest absolute Gasteiger partial charge is 0.255 e. The number of rotatable bonds is 4. The molecule has 1 amide bonds. The molecule has 1 aromatic heterocycles. The lowest BCUT2D eigenvalue weighted by atomic mass is 10.1. The number of aromatic nitrogens is 2. The van der Waals surface area contributed by atoms with Crippen LogP contribution < -0.4 is 0 Å². The van der Waals surface area contributed by atoms with Crippen molar-refractivity contribution in [1.82, 2.24) is 15.1 Å². The van der Waals surface area contributed by atoms with Crippen molar-refractivity contribution in [3.8, 4) is 0 Å². The average Bonchev–Trinajstić information content (AvgIpc) is 2.81. The Hall–Kier alpha value is -1.79. The maximum absolute atomic E-state index is 12.7. The van der Waals surface area contributed by atoms with Crippen LogP contribution >= 0.6 is 0 Å². The van der Waals surface area contributed by atoms with Crippen LogP contribution in [0.5, 0.6) is 0 Å². The van der Waals surface area contributed by atoms with Crippen LogP contribution in [0.1, 0.15) is 23.2 Å². The van der Waals surface area contributed by atoms with Gasteiger partial charge in [-0.05, 0) is 18.9 Å². The van der Waals surface area contributed by atoms with E-state index in [2.05, 4.69) is 16.8 Å². The Labute approximate surface area is 123 Å². The van der Waals surface area contributed by atoms with E-state index in [-0.39, 0.29) is 24.2 Å². The third kappa shape index (κ3) is 2.82. The van der Waals surface area contributed by atoms with Crippen LogP contribution in [0.2, 0.25) is 0 Å². The molecule has 2 heterocycles. The maximum Gasteiger partial charge on any atom is 0.255 e. The van der Waals surface area contributed by atoms with Gasteiger partial charge in [-0.3, -0.25) is 4.79 Å². The molecule has 1 aromatic rings. The van der Waals surface area contributed by atoms with Crippen LogP contribution in [-0.2, 0) is 9.47 Å². The zero-order valence-corrected chi connectivity index (χ0v) is 11.9. The number of carbonyl (C=O) groups excluding carboxylic acids is 1. The van der Waals surface area contributed by atoms with Crippen molar-refractivity contribution in [2.45, 2.75) is 31.1 Å². The molecule has 0 spiro atoms. The molecule has 0 aromatic carbocycles. The molecule has 3 atom stereocenters. The molecular formula is C15H19N3O3. The molecule has 6 nitrogen and oxygen atoms in total. The van der Waals surface area contributed by atoms with Crippen molar-refractivity contribution in [1.29, 1.82) is 0 Å². The topological polar surface area (TPSA) is 64.6 Å². The highest BCUT2D eigenvalue weighted by Crippen LogP contribution is 2.32. The van der Waals surface area contributed by atoms with E-state index in [1.807, 2.05) is 4.90 Å². The van der Waals surface area contributed by atoms with Crippen molar-refractivity contribution < 1.29 is 14.3 Å². The molecule has 3 rings (SSSR count). The minimum Gasteiger partial charge on any atom is -0.374 e. The highest BCUT2D eigenvalue weighted by Gasteiger charge is 2.44. The fourth-order valence-corrected chi connectivity index (χ4v) is 3.12. The van der Waals surface area contributed by atoms with E-state index in [1.165, 1.54) is 12.4 Å². The van der Waals surface area contributed by atoms with E-state index in [0.29, 0.717) is 25.3 Å². The molecule has 0 radical (unpaired) electrons. The van der Waals surface area contributed by atoms with Gasteiger partial charge in [-0.15, -0.1) is 6.58 Å². The fraction of sp³-hybridized carbons (Fsp3) is 0.533. The zero-order chi connectivity index (χ0) is 14.7. The van der Waals surface area contributed by atoms with Crippen LogP contribution in [0.3, 0.4) is 0 Å². The van der Waals surface area contributed by atoms with Crippen LogP contribution in [-0.4, -0.2) is 59.0 Å². The Kier molecular flexibility index (Phi) is 4.26. The van der Waals surface area contributed by atoms with Crippen LogP contribution in [0.25, 0.3) is 0 Å². The molecule has 6 heteroatoms. The van der Waals surface area contributed by atoms with Gasteiger partial charge in [0.05, 0.1) is 43.3 Å². The summed E-state index contributed by atoms with van der Waals surface area (Å²) < 4.78 is 11.7. The van der Waals surface area contributed by atoms with Gasteiger partial charge < -0.3 is 14.4 Å². The fourth-order valence-electron chi connectivity index (χ4n) is 3.12. The number of hydrogen-bond acceptors (Lipinski definition) is 5. The summed E-state index contributed by atoms with van der Waals surface area (Å²) in [5, 5.41) is 7.49. The predicted octanol–water partition coefficient (Wildman–Crippen LogP) is 1.05. The summed E-state index contributed by atoms with van der Waals surface area (Å²) in [5.74, 6) is -0.0340. The summed E-state index contributed by atoms with van der Waals surface area (Å²) in [6.45, 7) is 5.27. The first-order valence-electron chi connectivity index (χ1n) is 7.23. The molecule has 112 valence electrons. The van der Waals surface area contributed by atoms with Crippen LogP contribution in [0.15, 0.2) is 31.1 Å². The molecule has 21 heavy (non-hydrogen) atoms. The number of hydrogen-bond donors (Lipinski definition) is 0. The minimum atomic E-state index is -0.0794. The molecule has 2 fully saturated rings. The van der Waals surface area contributed by atoms with Gasteiger partial charge in [-0.2, -0.15) is 10.2 Å².